The van der Waals surface area contributed by atoms with E-state index in [2.05, 4.69) is 187 Å². The molecule has 0 atom stereocenters. The normalized spacial score (nSPS) is 11.0. The van der Waals surface area contributed by atoms with Gasteiger partial charge < -0.3 is 9.80 Å². The van der Waals surface area contributed by atoms with Crippen LogP contribution in [0.1, 0.15) is 44.5 Å². The zero-order chi connectivity index (χ0) is 32.5. The smallest absolute Gasteiger partial charge is 0.0467 e. The van der Waals surface area contributed by atoms with Gasteiger partial charge in [-0.25, -0.2) is 0 Å². The van der Waals surface area contributed by atoms with E-state index in [0.717, 1.165) is 0 Å². The Hall–Kier alpha value is -5.08. The van der Waals surface area contributed by atoms with Gasteiger partial charge in [-0.2, -0.15) is 0 Å². The van der Waals surface area contributed by atoms with Gasteiger partial charge in [0, 0.05) is 34.1 Å². The molecule has 0 aliphatic rings. The van der Waals surface area contributed by atoms with Crippen molar-refractivity contribution in [3.05, 3.63) is 166 Å². The fourth-order valence-electron chi connectivity index (χ4n) is 6.89. The molecule has 0 N–H and O–H groups in total. The van der Waals surface area contributed by atoms with Crippen molar-refractivity contribution < 1.29 is 0 Å². The Bertz CT molecular complexity index is 1760. The van der Waals surface area contributed by atoms with Gasteiger partial charge in [0.2, 0.25) is 0 Å². The molecule has 0 fully saturated rings. The van der Waals surface area contributed by atoms with Gasteiger partial charge >= 0.3 is 0 Å². The molecule has 0 radical (unpaired) electrons. The molecular weight excluding hydrogens is 556 g/mol. The van der Waals surface area contributed by atoms with Crippen molar-refractivity contribution in [1.82, 2.24) is 0 Å². The van der Waals surface area contributed by atoms with Crippen LogP contribution in [0.15, 0.2) is 121 Å². The second-order valence-corrected chi connectivity index (χ2v) is 12.9. The summed E-state index contributed by atoms with van der Waals surface area (Å²) in [5.74, 6) is 0. The Labute approximate surface area is 275 Å². The quantitative estimate of drug-likeness (QED) is 0.180. The lowest BCUT2D eigenvalue weighted by molar-refractivity contribution is 1.22. The van der Waals surface area contributed by atoms with E-state index in [1.54, 1.807) is 0 Å². The number of rotatable bonds is 7. The fourth-order valence-corrected chi connectivity index (χ4v) is 6.89. The third kappa shape index (κ3) is 6.21. The summed E-state index contributed by atoms with van der Waals surface area (Å²) in [7, 11) is 0. The van der Waals surface area contributed by atoms with Crippen molar-refractivity contribution in [1.29, 1.82) is 0 Å². The minimum Gasteiger partial charge on any atom is -0.310 e. The van der Waals surface area contributed by atoms with Crippen LogP contribution >= 0.6 is 0 Å². The summed E-state index contributed by atoms with van der Waals surface area (Å²) in [6.07, 6.45) is 0. The molecule has 2 nitrogen and oxygen atoms in total. The van der Waals surface area contributed by atoms with Crippen LogP contribution in [0.4, 0.5) is 34.1 Å². The van der Waals surface area contributed by atoms with Crippen LogP contribution in [-0.4, -0.2) is 0 Å². The van der Waals surface area contributed by atoms with Crippen LogP contribution in [0.5, 0.6) is 0 Å². The van der Waals surface area contributed by atoms with Gasteiger partial charge in [0.1, 0.15) is 0 Å². The monoisotopic (exact) mass is 600 g/mol. The Morgan fingerprint density at radius 1 is 0.283 bits per heavy atom. The largest absolute Gasteiger partial charge is 0.310 e. The SMILES string of the molecule is Cc1cccc(N(c2cccc(C)c2)c2cc(C)c(-c3c(C)cc(N(c4cccc(C)c4)c4cccc(C)c4)cc3C)c(C)c2)c1. The maximum atomic E-state index is 2.38. The van der Waals surface area contributed by atoms with E-state index in [0.29, 0.717) is 0 Å². The fraction of sp³-hybridized carbons (Fsp3) is 0.182. The maximum absolute atomic E-state index is 2.38. The molecule has 6 aromatic rings. The summed E-state index contributed by atoms with van der Waals surface area (Å²) >= 11 is 0. The van der Waals surface area contributed by atoms with E-state index in [1.165, 1.54) is 89.8 Å². The molecule has 0 saturated heterocycles. The van der Waals surface area contributed by atoms with Gasteiger partial charge in [-0.15, -0.1) is 0 Å². The van der Waals surface area contributed by atoms with E-state index >= 15 is 0 Å². The van der Waals surface area contributed by atoms with Crippen LogP contribution in [0.25, 0.3) is 11.1 Å². The average Bonchev–Trinajstić information content (AvgIpc) is 2.99. The van der Waals surface area contributed by atoms with Gasteiger partial charge in [0.05, 0.1) is 0 Å². The molecule has 0 heterocycles. The standard InChI is InChI=1S/C44H44N2/c1-29-13-9-17-37(21-29)45(38-18-10-14-30(2)22-38)41-25-33(5)43(34(6)26-41)44-35(7)27-42(28-36(44)8)46(39-19-11-15-31(3)23-39)40-20-12-16-32(4)24-40/h9-28H,1-8H3. The van der Waals surface area contributed by atoms with Crippen molar-refractivity contribution in [2.24, 2.45) is 0 Å². The summed E-state index contributed by atoms with van der Waals surface area (Å²) in [4.78, 5) is 4.77. The Morgan fingerprint density at radius 2 is 0.522 bits per heavy atom. The zero-order valence-electron chi connectivity index (χ0n) is 28.4. The van der Waals surface area contributed by atoms with Crippen LogP contribution in [0, 0.1) is 55.4 Å². The highest BCUT2D eigenvalue weighted by molar-refractivity contribution is 5.86. The maximum Gasteiger partial charge on any atom is 0.0467 e. The molecule has 0 bridgehead atoms. The van der Waals surface area contributed by atoms with Crippen molar-refractivity contribution in [3.63, 3.8) is 0 Å². The molecule has 0 saturated carbocycles. The predicted octanol–water partition coefficient (Wildman–Crippen LogP) is 12.8. The van der Waals surface area contributed by atoms with Gasteiger partial charge in [0.15, 0.2) is 0 Å². The topological polar surface area (TPSA) is 6.48 Å². The third-order valence-corrected chi connectivity index (χ3v) is 8.84. The molecule has 0 aliphatic heterocycles. The molecule has 46 heavy (non-hydrogen) atoms. The Kier molecular flexibility index (Phi) is 8.56. The molecule has 0 unspecified atom stereocenters. The molecule has 6 rings (SSSR count). The van der Waals surface area contributed by atoms with Crippen LogP contribution < -0.4 is 9.80 Å². The first-order valence-corrected chi connectivity index (χ1v) is 16.2. The van der Waals surface area contributed by atoms with Crippen molar-refractivity contribution >= 4 is 34.1 Å². The Morgan fingerprint density at radius 3 is 0.739 bits per heavy atom. The highest BCUT2D eigenvalue weighted by Crippen LogP contribution is 2.43. The zero-order valence-corrected chi connectivity index (χ0v) is 28.4. The van der Waals surface area contributed by atoms with Gasteiger partial charge in [-0.1, -0.05) is 48.5 Å². The molecule has 0 amide bonds. The average molecular weight is 601 g/mol. The van der Waals surface area contributed by atoms with Crippen LogP contribution in [0.3, 0.4) is 0 Å². The number of benzene rings is 6. The second kappa shape index (κ2) is 12.7. The second-order valence-electron chi connectivity index (χ2n) is 12.9. The number of aryl methyl sites for hydroxylation is 8. The molecule has 2 heteroatoms. The van der Waals surface area contributed by atoms with Crippen molar-refractivity contribution in [2.45, 2.75) is 55.4 Å². The van der Waals surface area contributed by atoms with Gasteiger partial charge in [0.25, 0.3) is 0 Å². The lowest BCUT2D eigenvalue weighted by Gasteiger charge is -2.29. The third-order valence-electron chi connectivity index (χ3n) is 8.84. The Balaban J connectivity index is 1.47. The summed E-state index contributed by atoms with van der Waals surface area (Å²) in [6, 6.07) is 44.5. The number of anilines is 6. The first-order valence-electron chi connectivity index (χ1n) is 16.2. The van der Waals surface area contributed by atoms with E-state index in [4.69, 9.17) is 0 Å². The van der Waals surface area contributed by atoms with Crippen molar-refractivity contribution in [2.75, 3.05) is 9.80 Å². The minimum atomic E-state index is 1.17. The molecule has 0 spiro atoms. The van der Waals surface area contributed by atoms with Gasteiger partial charge in [-0.05, 0) is 184 Å². The number of hydrogen-bond donors (Lipinski definition) is 0. The van der Waals surface area contributed by atoms with Crippen molar-refractivity contribution in [3.8, 4) is 11.1 Å². The lowest BCUT2D eigenvalue weighted by Crippen LogP contribution is -2.12. The highest BCUT2D eigenvalue weighted by Gasteiger charge is 2.20. The minimum absolute atomic E-state index is 1.17. The van der Waals surface area contributed by atoms with E-state index in [-0.39, 0.29) is 0 Å². The molecule has 6 aromatic carbocycles. The van der Waals surface area contributed by atoms with E-state index < -0.39 is 0 Å². The van der Waals surface area contributed by atoms with E-state index in [1.807, 2.05) is 0 Å². The summed E-state index contributed by atoms with van der Waals surface area (Å²) in [6.45, 7) is 17.7. The van der Waals surface area contributed by atoms with Crippen LogP contribution in [0.2, 0.25) is 0 Å². The number of hydrogen-bond acceptors (Lipinski definition) is 2. The predicted molar refractivity (Wildman–Crippen MR) is 199 cm³/mol. The summed E-state index contributed by atoms with van der Waals surface area (Å²) in [5.41, 5.74) is 19.7. The summed E-state index contributed by atoms with van der Waals surface area (Å²) in [5, 5.41) is 0. The first-order chi connectivity index (χ1) is 22.1. The molecule has 0 aliphatic carbocycles. The first kappa shape index (κ1) is 30.9. The number of nitrogens with zero attached hydrogens (tertiary/aromatic N) is 2. The molecule has 230 valence electrons. The highest BCUT2D eigenvalue weighted by atomic mass is 15.1. The molecule has 0 aromatic heterocycles. The summed E-state index contributed by atoms with van der Waals surface area (Å²) < 4.78 is 0. The lowest BCUT2D eigenvalue weighted by atomic mass is 9.88. The van der Waals surface area contributed by atoms with Gasteiger partial charge in [-0.3, -0.25) is 0 Å². The van der Waals surface area contributed by atoms with E-state index in [9.17, 15) is 0 Å². The van der Waals surface area contributed by atoms with Crippen LogP contribution in [-0.2, 0) is 0 Å². The molecular formula is C44H44N2.